The van der Waals surface area contributed by atoms with Crippen molar-refractivity contribution < 1.29 is 14.6 Å². The van der Waals surface area contributed by atoms with E-state index in [-0.39, 0.29) is 24.5 Å². The predicted octanol–water partition coefficient (Wildman–Crippen LogP) is 1.15. The van der Waals surface area contributed by atoms with Crippen molar-refractivity contribution in [2.45, 2.75) is 38.0 Å². The molecule has 0 radical (unpaired) electrons. The Morgan fingerprint density at radius 1 is 1.52 bits per heavy atom. The summed E-state index contributed by atoms with van der Waals surface area (Å²) in [5, 5.41) is 24.4. The molecule has 3 rings (SSSR count). The molecule has 0 saturated heterocycles. The minimum absolute atomic E-state index is 0.0217. The zero-order chi connectivity index (χ0) is 16.2. The molecule has 1 fully saturated rings. The summed E-state index contributed by atoms with van der Waals surface area (Å²) in [6.45, 7) is 1.03. The van der Waals surface area contributed by atoms with Crippen LogP contribution in [0.3, 0.4) is 0 Å². The number of amides is 1. The second-order valence-electron chi connectivity index (χ2n) is 5.63. The number of aliphatic hydroxyl groups is 1. The third-order valence-corrected chi connectivity index (χ3v) is 4.82. The molecule has 7 nitrogen and oxygen atoms in total. The Morgan fingerprint density at radius 3 is 3.00 bits per heavy atom. The van der Waals surface area contributed by atoms with E-state index in [1.54, 1.807) is 7.11 Å². The van der Waals surface area contributed by atoms with E-state index in [1.807, 2.05) is 21.4 Å². The van der Waals surface area contributed by atoms with Gasteiger partial charge >= 0.3 is 0 Å². The first-order valence-electron chi connectivity index (χ1n) is 7.57. The van der Waals surface area contributed by atoms with Gasteiger partial charge in [-0.15, -0.1) is 10.2 Å². The number of hydrogen-bond acceptors (Lipinski definition) is 6. The van der Waals surface area contributed by atoms with Crippen molar-refractivity contribution in [2.24, 2.45) is 0 Å². The second kappa shape index (κ2) is 7.20. The van der Waals surface area contributed by atoms with Crippen LogP contribution in [0, 0.1) is 0 Å². The van der Waals surface area contributed by atoms with Gasteiger partial charge < -0.3 is 19.7 Å². The summed E-state index contributed by atoms with van der Waals surface area (Å²) in [5.74, 6) is 1.66. The van der Waals surface area contributed by atoms with Crippen LogP contribution in [0.4, 0.5) is 0 Å². The van der Waals surface area contributed by atoms with E-state index in [2.05, 4.69) is 15.5 Å². The van der Waals surface area contributed by atoms with Crippen LogP contribution < -0.4 is 5.32 Å². The summed E-state index contributed by atoms with van der Waals surface area (Å²) in [6, 6.07) is 1.99. The van der Waals surface area contributed by atoms with Gasteiger partial charge in [0.05, 0.1) is 6.61 Å². The minimum atomic E-state index is -0.137. The molecule has 1 aliphatic carbocycles. The minimum Gasteiger partial charge on any atom is -0.388 e. The van der Waals surface area contributed by atoms with E-state index in [1.165, 1.54) is 11.3 Å². The molecule has 8 heteroatoms. The van der Waals surface area contributed by atoms with Crippen molar-refractivity contribution >= 4 is 17.2 Å². The molecule has 0 aromatic carbocycles. The summed E-state index contributed by atoms with van der Waals surface area (Å²) >= 11 is 1.51. The fourth-order valence-corrected chi connectivity index (χ4v) is 3.44. The number of rotatable bonds is 7. The summed E-state index contributed by atoms with van der Waals surface area (Å²) in [4.78, 5) is 12.0. The number of nitrogens with zero attached hydrogens (tertiary/aromatic N) is 3. The first-order valence-corrected chi connectivity index (χ1v) is 8.52. The molecule has 0 atom stereocenters. The quantitative estimate of drug-likeness (QED) is 0.792. The zero-order valence-corrected chi connectivity index (χ0v) is 13.8. The van der Waals surface area contributed by atoms with Gasteiger partial charge in [-0.25, -0.2) is 0 Å². The Hall–Kier alpha value is -1.77. The highest BCUT2D eigenvalue weighted by Crippen LogP contribution is 2.36. The van der Waals surface area contributed by atoms with Gasteiger partial charge in [-0.1, -0.05) is 0 Å². The molecule has 0 unspecified atom stereocenters. The van der Waals surface area contributed by atoms with Crippen molar-refractivity contribution in [1.82, 2.24) is 20.1 Å². The lowest BCUT2D eigenvalue weighted by Crippen LogP contribution is -2.44. The molecule has 2 N–H and O–H groups in total. The zero-order valence-electron chi connectivity index (χ0n) is 12.9. The number of methoxy groups -OCH3 is 1. The van der Waals surface area contributed by atoms with Crippen LogP contribution in [-0.4, -0.2) is 45.5 Å². The molecule has 2 aromatic heterocycles. The summed E-state index contributed by atoms with van der Waals surface area (Å²) in [7, 11) is 1.64. The van der Waals surface area contributed by atoms with E-state index in [0.717, 1.165) is 18.7 Å². The number of carbonyl (C=O) groups is 1. The van der Waals surface area contributed by atoms with Crippen LogP contribution in [0.1, 0.15) is 40.8 Å². The summed E-state index contributed by atoms with van der Waals surface area (Å²) < 4.78 is 7.02. The first-order chi connectivity index (χ1) is 11.2. The van der Waals surface area contributed by atoms with Crippen molar-refractivity contribution in [1.29, 1.82) is 0 Å². The van der Waals surface area contributed by atoms with Gasteiger partial charge in [0.15, 0.2) is 5.82 Å². The third-order valence-electron chi connectivity index (χ3n) is 4.14. The molecule has 23 heavy (non-hydrogen) atoms. The second-order valence-corrected chi connectivity index (χ2v) is 6.41. The molecule has 1 saturated carbocycles. The molecule has 1 aliphatic rings. The van der Waals surface area contributed by atoms with Crippen LogP contribution in [0.15, 0.2) is 16.8 Å². The van der Waals surface area contributed by atoms with Gasteiger partial charge in [-0.05, 0) is 24.3 Å². The van der Waals surface area contributed by atoms with Gasteiger partial charge in [-0.3, -0.25) is 4.79 Å². The Labute approximate surface area is 138 Å². The molecule has 2 aromatic rings. The van der Waals surface area contributed by atoms with Gasteiger partial charge in [0, 0.05) is 36.6 Å². The van der Waals surface area contributed by atoms with Gasteiger partial charge in [-0.2, -0.15) is 11.3 Å². The summed E-state index contributed by atoms with van der Waals surface area (Å²) in [5.41, 5.74) is 0.712. The highest BCUT2D eigenvalue weighted by atomic mass is 32.1. The standard InChI is InChI=1S/C15H20N4O3S/c1-22-4-3-19-13(8-20)17-18-14(19)11-6-12(7-11)16-15(21)10-2-5-23-9-10/h2,5,9,11-12,20H,3-4,6-8H2,1H3,(H,16,21). The lowest BCUT2D eigenvalue weighted by Gasteiger charge is -2.35. The number of nitrogens with one attached hydrogen (secondary N) is 1. The fourth-order valence-electron chi connectivity index (χ4n) is 2.80. The van der Waals surface area contributed by atoms with Crippen LogP contribution in [0.25, 0.3) is 0 Å². The number of ether oxygens (including phenoxy) is 1. The first kappa shape index (κ1) is 16.1. The summed E-state index contributed by atoms with van der Waals surface area (Å²) in [6.07, 6.45) is 1.68. The molecule has 0 aliphatic heterocycles. The fraction of sp³-hybridized carbons (Fsp3) is 0.533. The Kier molecular flexibility index (Phi) is 5.04. The molecule has 1 amide bonds. The van der Waals surface area contributed by atoms with E-state index in [4.69, 9.17) is 4.74 Å². The van der Waals surface area contributed by atoms with Crippen molar-refractivity contribution in [3.05, 3.63) is 34.0 Å². The Balaban J connectivity index is 1.58. The van der Waals surface area contributed by atoms with Gasteiger partial charge in [0.25, 0.3) is 5.91 Å². The highest BCUT2D eigenvalue weighted by Gasteiger charge is 2.35. The average molecular weight is 336 g/mol. The predicted molar refractivity (Wildman–Crippen MR) is 85.4 cm³/mol. The molecule has 124 valence electrons. The van der Waals surface area contributed by atoms with Crippen LogP contribution >= 0.6 is 11.3 Å². The van der Waals surface area contributed by atoms with Crippen molar-refractivity contribution in [2.75, 3.05) is 13.7 Å². The third kappa shape index (κ3) is 3.44. The maximum Gasteiger partial charge on any atom is 0.252 e. The average Bonchev–Trinajstić information content (AvgIpc) is 3.17. The maximum absolute atomic E-state index is 12.0. The molecular formula is C15H20N4O3S. The molecular weight excluding hydrogens is 316 g/mol. The number of aromatic nitrogens is 3. The highest BCUT2D eigenvalue weighted by molar-refractivity contribution is 7.08. The molecule has 0 bridgehead atoms. The van der Waals surface area contributed by atoms with E-state index in [9.17, 15) is 9.90 Å². The lowest BCUT2D eigenvalue weighted by atomic mass is 9.79. The number of hydrogen-bond donors (Lipinski definition) is 2. The van der Waals surface area contributed by atoms with E-state index >= 15 is 0 Å². The Morgan fingerprint density at radius 2 is 2.35 bits per heavy atom. The SMILES string of the molecule is COCCn1c(CO)nnc1C1CC(NC(=O)c2ccsc2)C1. The normalized spacial score (nSPS) is 20.3. The molecule has 2 heterocycles. The van der Waals surface area contributed by atoms with Gasteiger partial charge in [0.1, 0.15) is 12.4 Å². The maximum atomic E-state index is 12.0. The topological polar surface area (TPSA) is 89.3 Å². The molecule has 0 spiro atoms. The van der Waals surface area contributed by atoms with Crippen molar-refractivity contribution in [3.63, 3.8) is 0 Å². The van der Waals surface area contributed by atoms with Crippen LogP contribution in [0.2, 0.25) is 0 Å². The number of thiophene rings is 1. The smallest absolute Gasteiger partial charge is 0.252 e. The van der Waals surface area contributed by atoms with Gasteiger partial charge in [0.2, 0.25) is 0 Å². The number of aliphatic hydroxyl groups excluding tert-OH is 1. The number of carbonyl (C=O) groups excluding carboxylic acids is 1. The van der Waals surface area contributed by atoms with E-state index < -0.39 is 0 Å². The van der Waals surface area contributed by atoms with Crippen LogP contribution in [0.5, 0.6) is 0 Å². The Bertz CT molecular complexity index is 650. The van der Waals surface area contributed by atoms with Crippen LogP contribution in [-0.2, 0) is 17.9 Å². The largest absolute Gasteiger partial charge is 0.388 e. The van der Waals surface area contributed by atoms with Crippen molar-refractivity contribution in [3.8, 4) is 0 Å². The monoisotopic (exact) mass is 336 g/mol. The lowest BCUT2D eigenvalue weighted by molar-refractivity contribution is 0.0906. The van der Waals surface area contributed by atoms with E-state index in [0.29, 0.717) is 24.5 Å².